The summed E-state index contributed by atoms with van der Waals surface area (Å²) in [5, 5.41) is 10.1. The van der Waals surface area contributed by atoms with E-state index in [0.717, 1.165) is 31.2 Å². The normalized spacial score (nSPS) is 21.5. The van der Waals surface area contributed by atoms with Crippen molar-refractivity contribution in [3.05, 3.63) is 45.0 Å². The number of para-hydroxylation sites is 2. The lowest BCUT2D eigenvalue weighted by atomic mass is 9.81. The van der Waals surface area contributed by atoms with Crippen LogP contribution in [0.5, 0.6) is 0 Å². The summed E-state index contributed by atoms with van der Waals surface area (Å²) in [5.41, 5.74) is -0.530. The first-order chi connectivity index (χ1) is 14.0. The van der Waals surface area contributed by atoms with Gasteiger partial charge in [0.25, 0.3) is 0 Å². The Morgan fingerprint density at radius 2 is 1.62 bits per heavy atom. The van der Waals surface area contributed by atoms with Gasteiger partial charge in [-0.1, -0.05) is 44.2 Å². The zero-order valence-corrected chi connectivity index (χ0v) is 16.7. The number of fused-ring (bicyclic) bond motifs is 1. The second kappa shape index (κ2) is 8.14. The molecule has 1 aliphatic carbocycles. The molecule has 0 unspecified atom stereocenters. The van der Waals surface area contributed by atoms with Gasteiger partial charge in [0.05, 0.1) is 11.0 Å². The molecule has 2 heterocycles. The number of benzene rings is 1. The highest BCUT2D eigenvalue weighted by atomic mass is 16.4. The van der Waals surface area contributed by atoms with Crippen LogP contribution in [0.4, 0.5) is 0 Å². The summed E-state index contributed by atoms with van der Waals surface area (Å²) >= 11 is 0. The summed E-state index contributed by atoms with van der Waals surface area (Å²) in [6.07, 6.45) is 8.01. The summed E-state index contributed by atoms with van der Waals surface area (Å²) < 4.78 is 1.62. The van der Waals surface area contributed by atoms with Gasteiger partial charge in [-0.3, -0.25) is 23.9 Å². The van der Waals surface area contributed by atoms with Crippen molar-refractivity contribution in [3.8, 4) is 0 Å². The zero-order valence-electron chi connectivity index (χ0n) is 16.7. The summed E-state index contributed by atoms with van der Waals surface area (Å²) in [5.74, 6) is -0.711. The number of carboxylic acids is 1. The van der Waals surface area contributed by atoms with Crippen LogP contribution in [0.3, 0.4) is 0 Å². The lowest BCUT2D eigenvalue weighted by Gasteiger charge is -2.45. The quantitative estimate of drug-likeness (QED) is 0.774. The predicted molar refractivity (Wildman–Crippen MR) is 111 cm³/mol. The number of nitrogens with zero attached hydrogens (tertiary/aromatic N) is 2. The fourth-order valence-electron chi connectivity index (χ4n) is 5.25. The summed E-state index contributed by atoms with van der Waals surface area (Å²) in [4.78, 5) is 41.9. The number of carboxylic acid groups (broad SMARTS) is 1. The molecule has 7 heteroatoms. The summed E-state index contributed by atoms with van der Waals surface area (Å²) in [6.45, 7) is 1.26. The van der Waals surface area contributed by atoms with Crippen LogP contribution in [0.1, 0.15) is 63.8 Å². The fourth-order valence-corrected chi connectivity index (χ4v) is 5.25. The van der Waals surface area contributed by atoms with Crippen molar-refractivity contribution in [2.45, 2.75) is 69.4 Å². The van der Waals surface area contributed by atoms with Crippen molar-refractivity contribution in [1.82, 2.24) is 14.5 Å². The molecule has 4 rings (SSSR count). The molecule has 0 radical (unpaired) electrons. The van der Waals surface area contributed by atoms with Gasteiger partial charge in [0.15, 0.2) is 0 Å². The van der Waals surface area contributed by atoms with E-state index < -0.39 is 22.6 Å². The minimum absolute atomic E-state index is 0.0923. The molecule has 2 fully saturated rings. The number of H-pyrrole nitrogens is 1. The van der Waals surface area contributed by atoms with Gasteiger partial charge in [-0.2, -0.15) is 0 Å². The van der Waals surface area contributed by atoms with Crippen LogP contribution >= 0.6 is 0 Å². The average molecular weight is 399 g/mol. The smallest absolute Gasteiger partial charge is 0.324 e. The van der Waals surface area contributed by atoms with Gasteiger partial charge in [0, 0.05) is 19.1 Å². The van der Waals surface area contributed by atoms with Crippen LogP contribution in [0.2, 0.25) is 0 Å². The number of likely N-dealkylation sites (tertiary alicyclic amines) is 1. The molecule has 156 valence electrons. The Hall–Kier alpha value is -2.41. The van der Waals surface area contributed by atoms with Crippen LogP contribution < -0.4 is 11.1 Å². The number of aromatic nitrogens is 2. The molecule has 2 aliphatic rings. The molecule has 0 atom stereocenters. The average Bonchev–Trinajstić information content (AvgIpc) is 2.69. The Bertz CT molecular complexity index is 993. The number of hydrogen-bond donors (Lipinski definition) is 2. The first kappa shape index (κ1) is 19.9. The highest BCUT2D eigenvalue weighted by molar-refractivity contribution is 5.79. The topological polar surface area (TPSA) is 95.4 Å². The molecular weight excluding hydrogens is 370 g/mol. The minimum Gasteiger partial charge on any atom is -0.480 e. The second-order valence-corrected chi connectivity index (χ2v) is 8.47. The zero-order chi connectivity index (χ0) is 20.4. The molecule has 29 heavy (non-hydrogen) atoms. The molecule has 0 amide bonds. The fraction of sp³-hybridized carbons (Fsp3) is 0.591. The number of hydrogen-bond acceptors (Lipinski definition) is 4. The van der Waals surface area contributed by atoms with E-state index in [-0.39, 0.29) is 6.04 Å². The molecule has 0 spiro atoms. The van der Waals surface area contributed by atoms with Crippen LogP contribution in [0, 0.1) is 0 Å². The Morgan fingerprint density at radius 3 is 2.28 bits per heavy atom. The molecule has 1 saturated heterocycles. The number of aliphatic carboxylic acids is 1. The van der Waals surface area contributed by atoms with Crippen molar-refractivity contribution in [1.29, 1.82) is 0 Å². The van der Waals surface area contributed by atoms with E-state index in [1.165, 1.54) is 6.42 Å². The second-order valence-electron chi connectivity index (χ2n) is 8.47. The standard InChI is InChI=1S/C22H29N3O4/c26-19-20(27)25(18-9-5-4-8-17(18)23-19)16-10-14-24(15-11-16)22(21(28)29)12-6-2-1-3-7-13-22/h4-5,8-9,16H,1-3,6-7,10-15H2,(H,23,26)(H,28,29). The minimum atomic E-state index is -0.785. The van der Waals surface area contributed by atoms with Crippen molar-refractivity contribution in [2.75, 3.05) is 13.1 Å². The largest absolute Gasteiger partial charge is 0.480 e. The number of rotatable bonds is 3. The van der Waals surface area contributed by atoms with E-state index in [2.05, 4.69) is 9.88 Å². The summed E-state index contributed by atoms with van der Waals surface area (Å²) in [7, 11) is 0. The Kier molecular flexibility index (Phi) is 5.58. The molecule has 2 N–H and O–H groups in total. The third-order valence-corrected chi connectivity index (χ3v) is 6.84. The van der Waals surface area contributed by atoms with Gasteiger partial charge >= 0.3 is 17.1 Å². The number of piperidine rings is 1. The first-order valence-corrected chi connectivity index (χ1v) is 10.7. The van der Waals surface area contributed by atoms with Gasteiger partial charge < -0.3 is 10.1 Å². The monoisotopic (exact) mass is 399 g/mol. The van der Waals surface area contributed by atoms with Gasteiger partial charge in [0.2, 0.25) is 0 Å². The Morgan fingerprint density at radius 1 is 1.00 bits per heavy atom. The SMILES string of the molecule is O=C(O)C1(N2CCC(n3c(=O)c(=O)[nH]c4ccccc43)CC2)CCCCCCC1. The molecular formula is C22H29N3O4. The van der Waals surface area contributed by atoms with Crippen molar-refractivity contribution in [2.24, 2.45) is 0 Å². The summed E-state index contributed by atoms with van der Waals surface area (Å²) in [6, 6.07) is 7.26. The number of aromatic amines is 1. The first-order valence-electron chi connectivity index (χ1n) is 10.7. The predicted octanol–water partition coefficient (Wildman–Crippen LogP) is 2.89. The van der Waals surface area contributed by atoms with E-state index in [0.29, 0.717) is 44.3 Å². The van der Waals surface area contributed by atoms with Gasteiger partial charge in [-0.25, -0.2) is 0 Å². The van der Waals surface area contributed by atoms with Crippen LogP contribution in [-0.2, 0) is 4.79 Å². The van der Waals surface area contributed by atoms with E-state index in [4.69, 9.17) is 0 Å². The maximum absolute atomic E-state index is 12.6. The molecule has 2 aromatic rings. The van der Waals surface area contributed by atoms with E-state index in [1.807, 2.05) is 18.2 Å². The van der Waals surface area contributed by atoms with E-state index in [9.17, 15) is 19.5 Å². The number of carbonyl (C=O) groups is 1. The van der Waals surface area contributed by atoms with E-state index in [1.54, 1.807) is 10.6 Å². The van der Waals surface area contributed by atoms with Gasteiger partial charge in [-0.15, -0.1) is 0 Å². The Labute approximate surface area is 169 Å². The van der Waals surface area contributed by atoms with Gasteiger partial charge in [-0.05, 0) is 37.8 Å². The molecule has 0 bridgehead atoms. The molecule has 1 aromatic carbocycles. The van der Waals surface area contributed by atoms with Crippen LogP contribution in [0.25, 0.3) is 11.0 Å². The Balaban J connectivity index is 1.60. The molecule has 1 aliphatic heterocycles. The van der Waals surface area contributed by atoms with Crippen LogP contribution in [-0.4, -0.2) is 44.2 Å². The lowest BCUT2D eigenvalue weighted by Crippen LogP contribution is -2.57. The van der Waals surface area contributed by atoms with Crippen molar-refractivity contribution >= 4 is 17.0 Å². The third kappa shape index (κ3) is 3.64. The maximum Gasteiger partial charge on any atom is 0.324 e. The molecule has 1 saturated carbocycles. The van der Waals surface area contributed by atoms with E-state index >= 15 is 0 Å². The lowest BCUT2D eigenvalue weighted by molar-refractivity contribution is -0.154. The maximum atomic E-state index is 12.6. The molecule has 1 aromatic heterocycles. The highest BCUT2D eigenvalue weighted by Gasteiger charge is 2.45. The van der Waals surface area contributed by atoms with Crippen molar-refractivity contribution in [3.63, 3.8) is 0 Å². The van der Waals surface area contributed by atoms with Crippen LogP contribution in [0.15, 0.2) is 33.9 Å². The van der Waals surface area contributed by atoms with Crippen molar-refractivity contribution < 1.29 is 9.90 Å². The highest BCUT2D eigenvalue weighted by Crippen LogP contribution is 2.36. The number of nitrogens with one attached hydrogen (secondary N) is 1. The van der Waals surface area contributed by atoms with Gasteiger partial charge in [0.1, 0.15) is 5.54 Å². The third-order valence-electron chi connectivity index (χ3n) is 6.84. The molecule has 7 nitrogen and oxygen atoms in total.